The van der Waals surface area contributed by atoms with Crippen molar-refractivity contribution in [1.29, 1.82) is 0 Å². The molecule has 0 heterocycles. The summed E-state index contributed by atoms with van der Waals surface area (Å²) in [6.45, 7) is 4.69. The largest absolute Gasteiger partial charge is 0.0654 e. The first-order valence-electron chi connectivity index (χ1n) is 10.3. The number of rotatable bonds is 7. The fraction of sp³-hybridized carbons (Fsp3) is 0.583. The van der Waals surface area contributed by atoms with Crippen LogP contribution in [0.25, 0.3) is 10.8 Å². The van der Waals surface area contributed by atoms with E-state index in [0.29, 0.717) is 0 Å². The maximum atomic E-state index is 2.46. The second-order valence-electron chi connectivity index (χ2n) is 8.06. The third kappa shape index (κ3) is 4.62. The second-order valence-corrected chi connectivity index (χ2v) is 8.06. The SMILES string of the molecule is CCCCCCCc1ccc2cc([C@H]3CC[C@H](C)CC3)ccc2c1. The van der Waals surface area contributed by atoms with Gasteiger partial charge < -0.3 is 0 Å². The molecule has 1 fully saturated rings. The summed E-state index contributed by atoms with van der Waals surface area (Å²) in [5, 5.41) is 2.86. The highest BCUT2D eigenvalue weighted by molar-refractivity contribution is 5.84. The summed E-state index contributed by atoms with van der Waals surface area (Å²) in [5.41, 5.74) is 3.08. The van der Waals surface area contributed by atoms with E-state index in [-0.39, 0.29) is 0 Å². The Morgan fingerprint density at radius 2 is 1.50 bits per heavy atom. The molecule has 1 aliphatic carbocycles. The van der Waals surface area contributed by atoms with Crippen molar-refractivity contribution in [2.24, 2.45) is 5.92 Å². The van der Waals surface area contributed by atoms with Crippen molar-refractivity contribution in [2.45, 2.75) is 84.0 Å². The lowest BCUT2D eigenvalue weighted by atomic mass is 9.79. The van der Waals surface area contributed by atoms with Crippen molar-refractivity contribution in [3.05, 3.63) is 47.5 Å². The predicted molar refractivity (Wildman–Crippen MR) is 107 cm³/mol. The average Bonchev–Trinajstić information content (AvgIpc) is 2.62. The summed E-state index contributed by atoms with van der Waals surface area (Å²) in [5.74, 6) is 1.73. The number of hydrogen-bond donors (Lipinski definition) is 0. The summed E-state index contributed by atoms with van der Waals surface area (Å²) >= 11 is 0. The molecule has 0 aromatic heterocycles. The molecule has 1 saturated carbocycles. The minimum Gasteiger partial charge on any atom is -0.0654 e. The molecule has 0 aliphatic heterocycles. The molecule has 3 rings (SSSR count). The number of aryl methyl sites for hydroxylation is 1. The van der Waals surface area contributed by atoms with Crippen LogP contribution in [0.4, 0.5) is 0 Å². The van der Waals surface area contributed by atoms with E-state index in [4.69, 9.17) is 0 Å². The second kappa shape index (κ2) is 8.70. The van der Waals surface area contributed by atoms with Crippen LogP contribution in [0.15, 0.2) is 36.4 Å². The van der Waals surface area contributed by atoms with Gasteiger partial charge in [-0.05, 0) is 59.4 Å². The predicted octanol–water partition coefficient (Wildman–Crippen LogP) is 7.65. The summed E-state index contributed by atoms with van der Waals surface area (Å²) in [6, 6.07) is 14.3. The molecule has 130 valence electrons. The van der Waals surface area contributed by atoms with E-state index < -0.39 is 0 Å². The lowest BCUT2D eigenvalue weighted by molar-refractivity contribution is 0.348. The van der Waals surface area contributed by atoms with Gasteiger partial charge in [-0.25, -0.2) is 0 Å². The van der Waals surface area contributed by atoms with Gasteiger partial charge in [0, 0.05) is 0 Å². The third-order valence-corrected chi connectivity index (χ3v) is 5.98. The number of fused-ring (bicyclic) bond motifs is 1. The number of unbranched alkanes of at least 4 members (excludes halogenated alkanes) is 4. The first kappa shape index (κ1) is 17.5. The van der Waals surface area contributed by atoms with Crippen LogP contribution < -0.4 is 0 Å². The fourth-order valence-corrected chi connectivity index (χ4v) is 4.25. The van der Waals surface area contributed by atoms with Gasteiger partial charge in [-0.15, -0.1) is 0 Å². The maximum absolute atomic E-state index is 2.46. The molecule has 0 unspecified atom stereocenters. The molecule has 0 radical (unpaired) electrons. The van der Waals surface area contributed by atoms with Gasteiger partial charge in [-0.3, -0.25) is 0 Å². The standard InChI is InChI=1S/C24H34/c1-3-4-5-6-7-8-20-11-14-24-18-23(16-15-22(24)17-20)21-12-9-19(2)10-13-21/h11,14-19,21H,3-10,12-13H2,1-2H3/t19-,21-. The molecule has 0 saturated heterocycles. The smallest absolute Gasteiger partial charge is 0.0162 e. The molecule has 0 spiro atoms. The van der Waals surface area contributed by atoms with Gasteiger partial charge in [0.2, 0.25) is 0 Å². The van der Waals surface area contributed by atoms with Gasteiger partial charge in [-0.1, -0.05) is 88.8 Å². The molecule has 0 atom stereocenters. The van der Waals surface area contributed by atoms with E-state index in [1.807, 2.05) is 0 Å². The monoisotopic (exact) mass is 322 g/mol. The van der Waals surface area contributed by atoms with Crippen LogP contribution in [0, 0.1) is 5.92 Å². The van der Waals surface area contributed by atoms with E-state index in [2.05, 4.69) is 50.2 Å². The molecule has 2 aromatic carbocycles. The highest BCUT2D eigenvalue weighted by Gasteiger charge is 2.19. The van der Waals surface area contributed by atoms with Gasteiger partial charge in [0.25, 0.3) is 0 Å². The highest BCUT2D eigenvalue weighted by Crippen LogP contribution is 2.36. The van der Waals surface area contributed by atoms with Gasteiger partial charge in [0.05, 0.1) is 0 Å². The summed E-state index contributed by atoms with van der Waals surface area (Å²) < 4.78 is 0. The van der Waals surface area contributed by atoms with Crippen LogP contribution in [0.2, 0.25) is 0 Å². The number of hydrogen-bond acceptors (Lipinski definition) is 0. The van der Waals surface area contributed by atoms with Crippen molar-refractivity contribution >= 4 is 10.8 Å². The number of benzene rings is 2. The zero-order valence-electron chi connectivity index (χ0n) is 15.7. The third-order valence-electron chi connectivity index (χ3n) is 5.98. The molecule has 0 nitrogen and oxygen atoms in total. The van der Waals surface area contributed by atoms with Gasteiger partial charge in [0.1, 0.15) is 0 Å². The lowest BCUT2D eigenvalue weighted by Gasteiger charge is -2.26. The lowest BCUT2D eigenvalue weighted by Crippen LogP contribution is -2.10. The Labute approximate surface area is 148 Å². The molecule has 0 heteroatoms. The minimum atomic E-state index is 0.795. The Bertz CT molecular complexity index is 632. The van der Waals surface area contributed by atoms with Crippen molar-refractivity contribution in [3.63, 3.8) is 0 Å². The maximum Gasteiger partial charge on any atom is -0.0162 e. The Balaban J connectivity index is 1.63. The normalized spacial score (nSPS) is 21.2. The van der Waals surface area contributed by atoms with E-state index in [1.165, 1.54) is 80.5 Å². The quantitative estimate of drug-likeness (QED) is 0.459. The van der Waals surface area contributed by atoms with Crippen molar-refractivity contribution < 1.29 is 0 Å². The molecule has 0 amide bonds. The first-order valence-corrected chi connectivity index (χ1v) is 10.3. The Morgan fingerprint density at radius 3 is 2.29 bits per heavy atom. The summed E-state index contributed by atoms with van der Waals surface area (Å²) in [7, 11) is 0. The first-order chi connectivity index (χ1) is 11.8. The van der Waals surface area contributed by atoms with Crippen LogP contribution in [0.5, 0.6) is 0 Å². The van der Waals surface area contributed by atoms with Crippen LogP contribution in [0.3, 0.4) is 0 Å². The average molecular weight is 323 g/mol. The van der Waals surface area contributed by atoms with Crippen LogP contribution in [-0.2, 0) is 6.42 Å². The zero-order chi connectivity index (χ0) is 16.8. The Morgan fingerprint density at radius 1 is 0.792 bits per heavy atom. The van der Waals surface area contributed by atoms with E-state index in [1.54, 1.807) is 5.56 Å². The van der Waals surface area contributed by atoms with Gasteiger partial charge in [-0.2, -0.15) is 0 Å². The molecule has 0 bridgehead atoms. The van der Waals surface area contributed by atoms with Crippen molar-refractivity contribution in [3.8, 4) is 0 Å². The van der Waals surface area contributed by atoms with E-state index in [9.17, 15) is 0 Å². The zero-order valence-corrected chi connectivity index (χ0v) is 15.7. The van der Waals surface area contributed by atoms with E-state index in [0.717, 1.165) is 11.8 Å². The van der Waals surface area contributed by atoms with E-state index >= 15 is 0 Å². The van der Waals surface area contributed by atoms with Crippen LogP contribution >= 0.6 is 0 Å². The molecule has 1 aliphatic rings. The Hall–Kier alpha value is -1.30. The summed E-state index contributed by atoms with van der Waals surface area (Å²) in [4.78, 5) is 0. The highest BCUT2D eigenvalue weighted by atomic mass is 14.2. The fourth-order valence-electron chi connectivity index (χ4n) is 4.25. The molecular formula is C24H34. The Kier molecular flexibility index (Phi) is 6.35. The molecule has 0 N–H and O–H groups in total. The van der Waals surface area contributed by atoms with Gasteiger partial charge >= 0.3 is 0 Å². The van der Waals surface area contributed by atoms with Crippen molar-refractivity contribution in [1.82, 2.24) is 0 Å². The van der Waals surface area contributed by atoms with Crippen LogP contribution in [0.1, 0.15) is 88.7 Å². The van der Waals surface area contributed by atoms with Crippen molar-refractivity contribution in [2.75, 3.05) is 0 Å². The van der Waals surface area contributed by atoms with Crippen LogP contribution in [-0.4, -0.2) is 0 Å². The van der Waals surface area contributed by atoms with Gasteiger partial charge in [0.15, 0.2) is 0 Å². The topological polar surface area (TPSA) is 0 Å². The molecule has 2 aromatic rings. The molecular weight excluding hydrogens is 288 g/mol. The minimum absolute atomic E-state index is 0.795. The molecule has 24 heavy (non-hydrogen) atoms. The summed E-state index contributed by atoms with van der Waals surface area (Å²) in [6.07, 6.45) is 13.6.